The summed E-state index contributed by atoms with van der Waals surface area (Å²) in [5, 5.41) is 22.7. The zero-order valence-corrected chi connectivity index (χ0v) is 11.1. The van der Waals surface area contributed by atoms with Crippen LogP contribution in [-0.2, 0) is 6.42 Å². The number of piperazine rings is 1. The van der Waals surface area contributed by atoms with E-state index in [1.165, 1.54) is 6.07 Å². The highest BCUT2D eigenvalue weighted by atomic mass is 16.3. The first-order valence-electron chi connectivity index (χ1n) is 6.68. The molecule has 2 rings (SSSR count). The first kappa shape index (κ1) is 13.7. The molecule has 1 saturated heterocycles. The number of aryl methyl sites for hydroxylation is 1. The van der Waals surface area contributed by atoms with Gasteiger partial charge in [-0.25, -0.2) is 0 Å². The van der Waals surface area contributed by atoms with Crippen molar-refractivity contribution in [1.29, 1.82) is 0 Å². The molecule has 1 aromatic carbocycles. The van der Waals surface area contributed by atoms with Gasteiger partial charge in [0.1, 0.15) is 11.5 Å². The van der Waals surface area contributed by atoms with E-state index >= 15 is 0 Å². The van der Waals surface area contributed by atoms with Gasteiger partial charge in [0, 0.05) is 32.2 Å². The van der Waals surface area contributed by atoms with Crippen molar-refractivity contribution >= 4 is 5.91 Å². The van der Waals surface area contributed by atoms with Crippen LogP contribution in [0.25, 0.3) is 0 Å². The first-order chi connectivity index (χ1) is 9.13. The Morgan fingerprint density at radius 3 is 2.63 bits per heavy atom. The summed E-state index contributed by atoms with van der Waals surface area (Å²) in [6, 6.07) is 2.80. The Kier molecular flexibility index (Phi) is 4.27. The molecule has 5 heteroatoms. The largest absolute Gasteiger partial charge is 0.508 e. The summed E-state index contributed by atoms with van der Waals surface area (Å²) < 4.78 is 0. The Balaban J connectivity index is 2.33. The van der Waals surface area contributed by atoms with Crippen LogP contribution in [0.2, 0.25) is 0 Å². The maximum absolute atomic E-state index is 12.5. The van der Waals surface area contributed by atoms with Gasteiger partial charge in [-0.3, -0.25) is 4.79 Å². The number of benzene rings is 1. The Labute approximate surface area is 112 Å². The van der Waals surface area contributed by atoms with Crippen molar-refractivity contribution in [2.45, 2.75) is 19.8 Å². The van der Waals surface area contributed by atoms with E-state index in [-0.39, 0.29) is 17.4 Å². The summed E-state index contributed by atoms with van der Waals surface area (Å²) in [4.78, 5) is 14.2. The van der Waals surface area contributed by atoms with Gasteiger partial charge in [-0.2, -0.15) is 0 Å². The van der Waals surface area contributed by atoms with Crippen LogP contribution in [0.4, 0.5) is 0 Å². The minimum Gasteiger partial charge on any atom is -0.508 e. The molecule has 1 aliphatic heterocycles. The Hall–Kier alpha value is -1.75. The van der Waals surface area contributed by atoms with Crippen molar-refractivity contribution in [3.8, 4) is 11.5 Å². The molecule has 104 valence electrons. The van der Waals surface area contributed by atoms with E-state index in [2.05, 4.69) is 5.32 Å². The predicted octanol–water partition coefficient (Wildman–Crippen LogP) is 1.10. The Morgan fingerprint density at radius 2 is 2.00 bits per heavy atom. The van der Waals surface area contributed by atoms with Crippen molar-refractivity contribution in [3.63, 3.8) is 0 Å². The summed E-state index contributed by atoms with van der Waals surface area (Å²) >= 11 is 0. The van der Waals surface area contributed by atoms with Crippen LogP contribution in [-0.4, -0.2) is 47.2 Å². The lowest BCUT2D eigenvalue weighted by atomic mass is 10.00. The van der Waals surface area contributed by atoms with E-state index < -0.39 is 0 Å². The molecule has 0 spiro atoms. The van der Waals surface area contributed by atoms with Gasteiger partial charge in [-0.15, -0.1) is 0 Å². The quantitative estimate of drug-likeness (QED) is 0.764. The summed E-state index contributed by atoms with van der Waals surface area (Å²) in [6.07, 6.45) is 1.51. The second kappa shape index (κ2) is 5.93. The molecule has 0 saturated carbocycles. The van der Waals surface area contributed by atoms with E-state index in [0.717, 1.165) is 19.5 Å². The van der Waals surface area contributed by atoms with Gasteiger partial charge in [0.05, 0.1) is 5.56 Å². The molecule has 0 aliphatic carbocycles. The normalized spacial score (nSPS) is 15.5. The summed E-state index contributed by atoms with van der Waals surface area (Å²) in [7, 11) is 0. The summed E-state index contributed by atoms with van der Waals surface area (Å²) in [5.74, 6) is -0.285. The zero-order valence-electron chi connectivity index (χ0n) is 11.1. The molecular weight excluding hydrogens is 244 g/mol. The van der Waals surface area contributed by atoms with Crippen LogP contribution in [0.3, 0.4) is 0 Å². The molecule has 1 aliphatic rings. The Bertz CT molecular complexity index is 468. The van der Waals surface area contributed by atoms with E-state index in [1.807, 2.05) is 6.92 Å². The van der Waals surface area contributed by atoms with Crippen LogP contribution in [0, 0.1) is 0 Å². The van der Waals surface area contributed by atoms with Gasteiger partial charge >= 0.3 is 0 Å². The van der Waals surface area contributed by atoms with Crippen LogP contribution in [0.5, 0.6) is 11.5 Å². The zero-order chi connectivity index (χ0) is 13.8. The fourth-order valence-corrected chi connectivity index (χ4v) is 2.41. The average molecular weight is 264 g/mol. The highest BCUT2D eigenvalue weighted by molar-refractivity contribution is 5.98. The molecule has 5 nitrogen and oxygen atoms in total. The molecular formula is C14H20N2O3. The molecule has 3 N–H and O–H groups in total. The number of aromatic hydroxyl groups is 2. The van der Waals surface area contributed by atoms with Gasteiger partial charge in [-0.05, 0) is 18.1 Å². The van der Waals surface area contributed by atoms with E-state index in [1.54, 1.807) is 11.0 Å². The monoisotopic (exact) mass is 264 g/mol. The number of rotatable bonds is 3. The number of carbonyl (C=O) groups is 1. The number of amides is 1. The lowest BCUT2D eigenvalue weighted by molar-refractivity contribution is 0.0731. The second-order valence-corrected chi connectivity index (χ2v) is 4.79. The maximum atomic E-state index is 12.5. The third-order valence-electron chi connectivity index (χ3n) is 3.32. The first-order valence-corrected chi connectivity index (χ1v) is 6.68. The molecule has 1 aromatic rings. The Morgan fingerprint density at radius 1 is 1.32 bits per heavy atom. The molecule has 1 amide bonds. The fourth-order valence-electron chi connectivity index (χ4n) is 2.41. The molecule has 0 radical (unpaired) electrons. The number of carbonyl (C=O) groups excluding carboxylic acids is 1. The van der Waals surface area contributed by atoms with Crippen molar-refractivity contribution in [2.24, 2.45) is 0 Å². The van der Waals surface area contributed by atoms with Crippen LogP contribution in [0.15, 0.2) is 12.1 Å². The number of phenolic OH excluding ortho intramolecular Hbond substituents is 2. The van der Waals surface area contributed by atoms with Crippen molar-refractivity contribution in [3.05, 3.63) is 23.3 Å². The smallest absolute Gasteiger partial charge is 0.257 e. The minimum absolute atomic E-state index is 0.00203. The van der Waals surface area contributed by atoms with Gasteiger partial charge in [-0.1, -0.05) is 13.3 Å². The molecule has 0 atom stereocenters. The maximum Gasteiger partial charge on any atom is 0.257 e. The predicted molar refractivity (Wildman–Crippen MR) is 72.5 cm³/mol. The molecule has 1 fully saturated rings. The third kappa shape index (κ3) is 2.98. The highest BCUT2D eigenvalue weighted by Crippen LogP contribution is 2.29. The average Bonchev–Trinajstić information content (AvgIpc) is 2.39. The topological polar surface area (TPSA) is 72.8 Å². The van der Waals surface area contributed by atoms with Crippen molar-refractivity contribution in [1.82, 2.24) is 10.2 Å². The van der Waals surface area contributed by atoms with Crippen molar-refractivity contribution < 1.29 is 15.0 Å². The lowest BCUT2D eigenvalue weighted by Crippen LogP contribution is -2.46. The number of nitrogens with one attached hydrogen (secondary N) is 1. The molecule has 0 unspecified atom stereocenters. The lowest BCUT2D eigenvalue weighted by Gasteiger charge is -2.28. The summed E-state index contributed by atoms with van der Waals surface area (Å²) in [6.45, 7) is 4.83. The standard InChI is InChI=1S/C14H20N2O3/c1-2-3-10-8-11(17)9-12(18)13(10)14(19)16-6-4-15-5-7-16/h8-9,15,17-18H,2-7H2,1H3. The number of phenols is 2. The van der Waals surface area contributed by atoms with Gasteiger partial charge in [0.25, 0.3) is 5.91 Å². The van der Waals surface area contributed by atoms with Crippen LogP contribution in [0.1, 0.15) is 29.3 Å². The highest BCUT2D eigenvalue weighted by Gasteiger charge is 2.23. The van der Waals surface area contributed by atoms with Gasteiger partial charge < -0.3 is 20.4 Å². The number of hydrogen-bond acceptors (Lipinski definition) is 4. The second-order valence-electron chi connectivity index (χ2n) is 4.79. The third-order valence-corrected chi connectivity index (χ3v) is 3.32. The van der Waals surface area contributed by atoms with Gasteiger partial charge in [0.15, 0.2) is 0 Å². The molecule has 19 heavy (non-hydrogen) atoms. The minimum atomic E-state index is -0.151. The van der Waals surface area contributed by atoms with Crippen LogP contribution >= 0.6 is 0 Å². The van der Waals surface area contributed by atoms with Crippen molar-refractivity contribution in [2.75, 3.05) is 26.2 Å². The molecule has 0 bridgehead atoms. The van der Waals surface area contributed by atoms with Crippen LogP contribution < -0.4 is 5.32 Å². The van der Waals surface area contributed by atoms with E-state index in [4.69, 9.17) is 0 Å². The van der Waals surface area contributed by atoms with E-state index in [9.17, 15) is 15.0 Å². The summed E-state index contributed by atoms with van der Waals surface area (Å²) in [5.41, 5.74) is 1.05. The number of hydrogen-bond donors (Lipinski definition) is 3. The molecule has 0 aromatic heterocycles. The SMILES string of the molecule is CCCc1cc(O)cc(O)c1C(=O)N1CCNCC1. The molecule has 1 heterocycles. The number of nitrogens with zero attached hydrogens (tertiary/aromatic N) is 1. The van der Waals surface area contributed by atoms with Gasteiger partial charge in [0.2, 0.25) is 0 Å². The van der Waals surface area contributed by atoms with E-state index in [0.29, 0.717) is 30.6 Å². The fraction of sp³-hybridized carbons (Fsp3) is 0.500.